The SMILES string of the molecule is COc1ccc(S(=O)(=O)N(Cc2ccccc2)[C@H](NC(=O)Oc2ccoc2)[C@@H](C)O)cc1CC(C)(C)CCN(Cc1ccccc1)Cc1ccccc1. The van der Waals surface area contributed by atoms with E-state index in [1.165, 1.54) is 42.7 Å². The normalized spacial score (nSPS) is 13.1. The fraction of sp³-hybridized carbons (Fsp3) is 0.310. The van der Waals surface area contributed by atoms with Crippen molar-refractivity contribution in [2.45, 2.75) is 70.4 Å². The fourth-order valence-corrected chi connectivity index (χ4v) is 7.90. The molecule has 2 atom stereocenters. The van der Waals surface area contributed by atoms with E-state index in [0.29, 0.717) is 17.7 Å². The molecule has 0 radical (unpaired) electrons. The number of carbonyl (C=O) groups excluding carboxylic acids is 1. The van der Waals surface area contributed by atoms with Gasteiger partial charge in [-0.1, -0.05) is 105 Å². The van der Waals surface area contributed by atoms with Gasteiger partial charge in [0.2, 0.25) is 10.0 Å². The van der Waals surface area contributed by atoms with Crippen molar-refractivity contribution in [2.75, 3.05) is 13.7 Å². The van der Waals surface area contributed by atoms with Gasteiger partial charge < -0.3 is 24.3 Å². The maximum atomic E-state index is 14.6. The quantitative estimate of drug-likeness (QED) is 0.0881. The van der Waals surface area contributed by atoms with E-state index >= 15 is 0 Å². The van der Waals surface area contributed by atoms with Gasteiger partial charge in [-0.3, -0.25) is 4.90 Å². The largest absolute Gasteiger partial charge is 0.496 e. The standard InChI is InChI=1S/C42H49N3O7S/c1-32(46)40(43-41(47)52-37-22-25-51-31-37)45(30-35-18-12-7-13-19-35)53(48,49)38-20-21-39(50-4)36(26-38)27-42(2,3)23-24-44(28-33-14-8-5-9-15-33)29-34-16-10-6-11-17-34/h5-22,25-26,31-32,40,46H,23-24,27-30H2,1-4H3,(H,43,47)/t32-,40+/m1/s1. The van der Waals surface area contributed by atoms with E-state index in [-0.39, 0.29) is 22.6 Å². The minimum atomic E-state index is -4.33. The van der Waals surface area contributed by atoms with Gasteiger partial charge in [-0.15, -0.1) is 0 Å². The Morgan fingerprint density at radius 2 is 1.42 bits per heavy atom. The summed E-state index contributed by atoms with van der Waals surface area (Å²) < 4.78 is 46.3. The van der Waals surface area contributed by atoms with Crippen LogP contribution in [0.5, 0.6) is 11.5 Å². The summed E-state index contributed by atoms with van der Waals surface area (Å²) in [7, 11) is -2.76. The topological polar surface area (TPSA) is 122 Å². The lowest BCUT2D eigenvalue weighted by Gasteiger charge is -2.33. The minimum Gasteiger partial charge on any atom is -0.496 e. The van der Waals surface area contributed by atoms with Crippen LogP contribution in [0.25, 0.3) is 0 Å². The smallest absolute Gasteiger partial charge is 0.414 e. The molecule has 0 spiro atoms. The summed E-state index contributed by atoms with van der Waals surface area (Å²) in [5.41, 5.74) is 3.63. The molecule has 0 saturated carbocycles. The van der Waals surface area contributed by atoms with Gasteiger partial charge in [0.1, 0.15) is 18.2 Å². The third-order valence-electron chi connectivity index (χ3n) is 9.05. The second kappa shape index (κ2) is 18.2. The lowest BCUT2D eigenvalue weighted by molar-refractivity contribution is 0.0798. The number of aliphatic hydroxyl groups is 1. The Hall–Kier alpha value is -4.94. The number of furan rings is 1. The predicted molar refractivity (Wildman–Crippen MR) is 205 cm³/mol. The Morgan fingerprint density at radius 3 is 1.92 bits per heavy atom. The Morgan fingerprint density at radius 1 is 0.849 bits per heavy atom. The molecule has 1 amide bonds. The summed E-state index contributed by atoms with van der Waals surface area (Å²) in [6.07, 6.45) is 0.321. The molecule has 280 valence electrons. The molecule has 0 saturated heterocycles. The molecule has 1 heterocycles. The number of carbonyl (C=O) groups is 1. The number of rotatable bonds is 18. The van der Waals surface area contributed by atoms with Crippen LogP contribution in [0.1, 0.15) is 49.4 Å². The molecule has 4 aromatic carbocycles. The monoisotopic (exact) mass is 739 g/mol. The summed E-state index contributed by atoms with van der Waals surface area (Å²) in [5.74, 6) is 0.709. The molecule has 0 aliphatic heterocycles. The number of ether oxygens (including phenoxy) is 2. The molecular weight excluding hydrogens is 691 g/mol. The second-order valence-corrected chi connectivity index (χ2v) is 15.9. The second-order valence-electron chi connectivity index (χ2n) is 14.0. The molecule has 53 heavy (non-hydrogen) atoms. The van der Waals surface area contributed by atoms with Crippen LogP contribution in [0, 0.1) is 5.41 Å². The maximum Gasteiger partial charge on any atom is 0.414 e. The molecule has 1 aromatic heterocycles. The molecule has 0 bridgehead atoms. The Bertz CT molecular complexity index is 1930. The van der Waals surface area contributed by atoms with Crippen LogP contribution >= 0.6 is 0 Å². The lowest BCUT2D eigenvalue weighted by atomic mass is 9.82. The average molecular weight is 740 g/mol. The number of sulfonamides is 1. The first-order valence-electron chi connectivity index (χ1n) is 17.6. The summed E-state index contributed by atoms with van der Waals surface area (Å²) in [6.45, 7) is 8.06. The third-order valence-corrected chi connectivity index (χ3v) is 10.9. The van der Waals surface area contributed by atoms with Crippen molar-refractivity contribution in [1.82, 2.24) is 14.5 Å². The minimum absolute atomic E-state index is 0.00506. The average Bonchev–Trinajstić information content (AvgIpc) is 3.66. The van der Waals surface area contributed by atoms with Gasteiger partial charge in [-0.2, -0.15) is 4.31 Å². The number of amides is 1. The van der Waals surface area contributed by atoms with Gasteiger partial charge in [0.15, 0.2) is 5.75 Å². The van der Waals surface area contributed by atoms with Crippen molar-refractivity contribution >= 4 is 16.1 Å². The maximum absolute atomic E-state index is 14.6. The first kappa shape index (κ1) is 39.3. The highest BCUT2D eigenvalue weighted by atomic mass is 32.2. The van der Waals surface area contributed by atoms with E-state index in [1.54, 1.807) is 43.5 Å². The van der Waals surface area contributed by atoms with Crippen LogP contribution < -0.4 is 14.8 Å². The molecule has 10 nitrogen and oxygen atoms in total. The third kappa shape index (κ3) is 11.3. The van der Waals surface area contributed by atoms with Crippen molar-refractivity contribution in [3.63, 3.8) is 0 Å². The first-order chi connectivity index (χ1) is 25.4. The van der Waals surface area contributed by atoms with Crippen LogP contribution in [0.3, 0.4) is 0 Å². The Balaban J connectivity index is 1.40. The van der Waals surface area contributed by atoms with Gasteiger partial charge in [-0.25, -0.2) is 13.2 Å². The molecule has 0 aliphatic rings. The number of nitrogens with one attached hydrogen (secondary N) is 1. The number of hydrogen-bond acceptors (Lipinski definition) is 8. The summed E-state index contributed by atoms with van der Waals surface area (Å²) in [4.78, 5) is 15.4. The zero-order chi connectivity index (χ0) is 37.8. The molecule has 5 rings (SSSR count). The fourth-order valence-electron chi connectivity index (χ4n) is 6.25. The van der Waals surface area contributed by atoms with Gasteiger partial charge in [0.05, 0.1) is 24.4 Å². The molecule has 0 aliphatic carbocycles. The lowest BCUT2D eigenvalue weighted by Crippen LogP contribution is -2.56. The van der Waals surface area contributed by atoms with Crippen LogP contribution in [0.15, 0.2) is 137 Å². The van der Waals surface area contributed by atoms with Gasteiger partial charge in [0.25, 0.3) is 0 Å². The highest BCUT2D eigenvalue weighted by Crippen LogP contribution is 2.34. The van der Waals surface area contributed by atoms with Crippen molar-refractivity contribution < 1.29 is 32.2 Å². The highest BCUT2D eigenvalue weighted by Gasteiger charge is 2.37. The summed E-state index contributed by atoms with van der Waals surface area (Å²) >= 11 is 0. The number of benzene rings is 4. The number of aliphatic hydroxyl groups excluding tert-OH is 1. The van der Waals surface area contributed by atoms with E-state index in [0.717, 1.165) is 35.9 Å². The van der Waals surface area contributed by atoms with Crippen molar-refractivity contribution in [3.05, 3.63) is 150 Å². The first-order valence-corrected chi connectivity index (χ1v) is 19.1. The van der Waals surface area contributed by atoms with Gasteiger partial charge in [-0.05, 0) is 72.2 Å². The van der Waals surface area contributed by atoms with Crippen molar-refractivity contribution in [1.29, 1.82) is 0 Å². The van der Waals surface area contributed by atoms with Gasteiger partial charge in [0, 0.05) is 25.7 Å². The molecule has 2 N–H and O–H groups in total. The van der Waals surface area contributed by atoms with E-state index in [1.807, 2.05) is 18.2 Å². The number of methoxy groups -OCH3 is 1. The molecule has 0 fully saturated rings. The molecule has 0 unspecified atom stereocenters. The van der Waals surface area contributed by atoms with Crippen LogP contribution in [0.4, 0.5) is 4.79 Å². The predicted octanol–water partition coefficient (Wildman–Crippen LogP) is 7.64. The zero-order valence-electron chi connectivity index (χ0n) is 30.7. The van der Waals surface area contributed by atoms with E-state index in [4.69, 9.17) is 13.9 Å². The summed E-state index contributed by atoms with van der Waals surface area (Å²) in [5, 5.41) is 13.5. The van der Waals surface area contributed by atoms with E-state index in [2.05, 4.69) is 72.6 Å². The molecule has 5 aromatic rings. The number of hydrogen-bond donors (Lipinski definition) is 2. The van der Waals surface area contributed by atoms with E-state index in [9.17, 15) is 18.3 Å². The zero-order valence-corrected chi connectivity index (χ0v) is 31.5. The number of nitrogens with zero attached hydrogens (tertiary/aromatic N) is 2. The summed E-state index contributed by atoms with van der Waals surface area (Å²) in [6, 6.07) is 36.1. The Labute approximate surface area is 313 Å². The molecule has 11 heteroatoms. The van der Waals surface area contributed by atoms with Crippen LogP contribution in [-0.4, -0.2) is 54.7 Å². The van der Waals surface area contributed by atoms with Crippen LogP contribution in [0.2, 0.25) is 0 Å². The van der Waals surface area contributed by atoms with Gasteiger partial charge >= 0.3 is 6.09 Å². The van der Waals surface area contributed by atoms with Crippen LogP contribution in [-0.2, 0) is 36.1 Å². The molecular formula is C42H49N3O7S. The van der Waals surface area contributed by atoms with E-state index < -0.39 is 28.4 Å². The highest BCUT2D eigenvalue weighted by molar-refractivity contribution is 7.89. The Kier molecular flexibility index (Phi) is 13.5. The van der Waals surface area contributed by atoms with Crippen molar-refractivity contribution in [2.24, 2.45) is 5.41 Å². The van der Waals surface area contributed by atoms with Crippen molar-refractivity contribution in [3.8, 4) is 11.5 Å².